The van der Waals surface area contributed by atoms with Crippen LogP contribution in [0.1, 0.15) is 35.2 Å². The van der Waals surface area contributed by atoms with Crippen LogP contribution in [-0.4, -0.2) is 41.5 Å². The van der Waals surface area contributed by atoms with Gasteiger partial charge in [-0.05, 0) is 49.9 Å². The summed E-state index contributed by atoms with van der Waals surface area (Å²) in [6.45, 7) is 5.09. The van der Waals surface area contributed by atoms with Gasteiger partial charge in [0.15, 0.2) is 5.82 Å². The van der Waals surface area contributed by atoms with Gasteiger partial charge in [0.05, 0.1) is 41.3 Å². The average molecular weight is 445 g/mol. The number of alkyl halides is 3. The number of methoxy groups -OCH3 is 1. The number of hydrogen-bond acceptors (Lipinski definition) is 6. The van der Waals surface area contributed by atoms with Crippen molar-refractivity contribution in [2.45, 2.75) is 45.5 Å². The molecule has 0 saturated carbocycles. The Labute approximate surface area is 184 Å². The molecular weight excluding hydrogens is 419 g/mol. The molecule has 1 N–H and O–H groups in total. The molecule has 1 aromatic carbocycles. The van der Waals surface area contributed by atoms with Crippen LogP contribution in [0.3, 0.4) is 0 Å². The molecule has 170 valence electrons. The molecule has 0 aliphatic carbocycles. The van der Waals surface area contributed by atoms with Crippen molar-refractivity contribution in [1.29, 1.82) is 0 Å². The second kappa shape index (κ2) is 8.90. The average Bonchev–Trinajstić information content (AvgIpc) is 3.22. The number of aryl methyl sites for hydroxylation is 1. The second-order valence-corrected chi connectivity index (χ2v) is 8.11. The van der Waals surface area contributed by atoms with Gasteiger partial charge in [0.2, 0.25) is 0 Å². The molecule has 1 fully saturated rings. The SMILES string of the molecule is COCC1CCCN1c1cnc2c(C)nnc(NCc3cccc(C(F)(F)F)c3C)c2c1. The number of aromatic nitrogens is 3. The van der Waals surface area contributed by atoms with Crippen molar-refractivity contribution < 1.29 is 17.9 Å². The number of ether oxygens (including phenoxy) is 1. The van der Waals surface area contributed by atoms with E-state index in [1.54, 1.807) is 13.2 Å². The number of anilines is 2. The Balaban J connectivity index is 1.66. The number of pyridine rings is 1. The monoisotopic (exact) mass is 445 g/mol. The zero-order valence-electron chi connectivity index (χ0n) is 18.3. The zero-order valence-corrected chi connectivity index (χ0v) is 18.3. The van der Waals surface area contributed by atoms with E-state index in [4.69, 9.17) is 4.74 Å². The van der Waals surface area contributed by atoms with Gasteiger partial charge in [-0.25, -0.2) is 0 Å². The van der Waals surface area contributed by atoms with Gasteiger partial charge in [-0.1, -0.05) is 12.1 Å². The molecule has 1 atom stereocenters. The molecule has 1 unspecified atom stereocenters. The third-order valence-electron chi connectivity index (χ3n) is 6.04. The molecule has 32 heavy (non-hydrogen) atoms. The first kappa shape index (κ1) is 22.3. The van der Waals surface area contributed by atoms with Crippen molar-refractivity contribution in [1.82, 2.24) is 15.2 Å². The molecule has 3 aromatic rings. The van der Waals surface area contributed by atoms with Gasteiger partial charge < -0.3 is 15.0 Å². The fourth-order valence-electron chi connectivity index (χ4n) is 4.34. The summed E-state index contributed by atoms with van der Waals surface area (Å²) in [6.07, 6.45) is -0.408. The third kappa shape index (κ3) is 4.34. The molecule has 0 bridgehead atoms. The van der Waals surface area contributed by atoms with Crippen LogP contribution >= 0.6 is 0 Å². The van der Waals surface area contributed by atoms with Gasteiger partial charge in [0.1, 0.15) is 0 Å². The van der Waals surface area contributed by atoms with E-state index in [-0.39, 0.29) is 12.1 Å². The Morgan fingerprint density at radius 3 is 2.78 bits per heavy atom. The lowest BCUT2D eigenvalue weighted by atomic mass is 10.0. The Bertz CT molecular complexity index is 1120. The minimum Gasteiger partial charge on any atom is -0.383 e. The molecule has 6 nitrogen and oxygen atoms in total. The van der Waals surface area contributed by atoms with Gasteiger partial charge >= 0.3 is 6.18 Å². The molecule has 0 spiro atoms. The Hall–Kier alpha value is -2.94. The highest BCUT2D eigenvalue weighted by molar-refractivity contribution is 5.92. The van der Waals surface area contributed by atoms with Crippen molar-refractivity contribution >= 4 is 22.4 Å². The molecule has 0 amide bonds. The highest BCUT2D eigenvalue weighted by atomic mass is 19.4. The molecule has 1 aliphatic heterocycles. The van der Waals surface area contributed by atoms with Gasteiger partial charge in [-0.2, -0.15) is 18.3 Å². The number of nitrogens with zero attached hydrogens (tertiary/aromatic N) is 4. The van der Waals surface area contributed by atoms with Gasteiger partial charge in [0, 0.05) is 25.6 Å². The van der Waals surface area contributed by atoms with E-state index in [2.05, 4.69) is 25.4 Å². The highest BCUT2D eigenvalue weighted by Gasteiger charge is 2.32. The maximum absolute atomic E-state index is 13.3. The molecule has 4 rings (SSSR count). The summed E-state index contributed by atoms with van der Waals surface area (Å²) in [5, 5.41) is 12.4. The van der Waals surface area contributed by atoms with E-state index in [9.17, 15) is 13.2 Å². The van der Waals surface area contributed by atoms with Crippen LogP contribution in [0, 0.1) is 13.8 Å². The van der Waals surface area contributed by atoms with Crippen LogP contribution < -0.4 is 10.2 Å². The van der Waals surface area contributed by atoms with Crippen LogP contribution in [-0.2, 0) is 17.5 Å². The molecule has 0 radical (unpaired) electrons. The van der Waals surface area contributed by atoms with Crippen LogP contribution in [0.25, 0.3) is 10.9 Å². The van der Waals surface area contributed by atoms with E-state index in [0.717, 1.165) is 42.0 Å². The molecule has 2 aromatic heterocycles. The van der Waals surface area contributed by atoms with Crippen molar-refractivity contribution in [3.63, 3.8) is 0 Å². The standard InChI is InChI=1S/C23H26F3N5O/c1-14-16(6-4-8-20(14)23(24,25)26)11-28-22-19-10-18(12-27-21(19)15(2)29-30-22)31-9-5-7-17(31)13-32-3/h4,6,8,10,12,17H,5,7,9,11,13H2,1-3H3,(H,28,30). The minimum atomic E-state index is -4.39. The maximum atomic E-state index is 13.3. The summed E-state index contributed by atoms with van der Waals surface area (Å²) < 4.78 is 45.1. The van der Waals surface area contributed by atoms with E-state index >= 15 is 0 Å². The van der Waals surface area contributed by atoms with Gasteiger partial charge in [-0.15, -0.1) is 5.10 Å². The fraction of sp³-hybridized carbons (Fsp3) is 0.435. The van der Waals surface area contributed by atoms with Crippen molar-refractivity contribution in [2.75, 3.05) is 30.5 Å². The van der Waals surface area contributed by atoms with Crippen LogP contribution in [0.2, 0.25) is 0 Å². The first-order chi connectivity index (χ1) is 15.3. The lowest BCUT2D eigenvalue weighted by molar-refractivity contribution is -0.138. The predicted molar refractivity (Wildman–Crippen MR) is 118 cm³/mol. The van der Waals surface area contributed by atoms with Crippen LogP contribution in [0.4, 0.5) is 24.7 Å². The minimum absolute atomic E-state index is 0.197. The van der Waals surface area contributed by atoms with E-state index in [1.165, 1.54) is 13.0 Å². The van der Waals surface area contributed by atoms with Gasteiger partial charge in [-0.3, -0.25) is 4.98 Å². The maximum Gasteiger partial charge on any atom is 0.416 e. The quantitative estimate of drug-likeness (QED) is 0.583. The Kier molecular flexibility index (Phi) is 6.19. The molecule has 3 heterocycles. The Morgan fingerprint density at radius 1 is 1.22 bits per heavy atom. The van der Waals surface area contributed by atoms with Crippen molar-refractivity contribution in [3.05, 3.63) is 52.8 Å². The molecule has 1 saturated heterocycles. The largest absolute Gasteiger partial charge is 0.416 e. The fourth-order valence-corrected chi connectivity index (χ4v) is 4.34. The van der Waals surface area contributed by atoms with E-state index < -0.39 is 11.7 Å². The first-order valence-electron chi connectivity index (χ1n) is 10.6. The number of rotatable bonds is 6. The summed E-state index contributed by atoms with van der Waals surface area (Å²) in [5.41, 5.74) is 2.52. The third-order valence-corrected chi connectivity index (χ3v) is 6.04. The number of benzene rings is 1. The van der Waals surface area contributed by atoms with E-state index in [1.807, 2.05) is 19.2 Å². The molecule has 9 heteroatoms. The number of nitrogens with one attached hydrogen (secondary N) is 1. The summed E-state index contributed by atoms with van der Waals surface area (Å²) >= 11 is 0. The van der Waals surface area contributed by atoms with Crippen LogP contribution in [0.5, 0.6) is 0 Å². The first-order valence-corrected chi connectivity index (χ1v) is 10.6. The highest BCUT2D eigenvalue weighted by Crippen LogP contribution is 2.34. The van der Waals surface area contributed by atoms with Gasteiger partial charge in [0.25, 0.3) is 0 Å². The van der Waals surface area contributed by atoms with E-state index in [0.29, 0.717) is 29.7 Å². The Morgan fingerprint density at radius 2 is 2.03 bits per heavy atom. The second-order valence-electron chi connectivity index (χ2n) is 8.11. The van der Waals surface area contributed by atoms with Crippen molar-refractivity contribution in [2.24, 2.45) is 0 Å². The van der Waals surface area contributed by atoms with Crippen molar-refractivity contribution in [3.8, 4) is 0 Å². The number of halogens is 3. The zero-order chi connectivity index (χ0) is 22.9. The molecular formula is C23H26F3N5O. The summed E-state index contributed by atoms with van der Waals surface area (Å²) in [5.74, 6) is 0.499. The normalized spacial score (nSPS) is 16.7. The predicted octanol–water partition coefficient (Wildman–Crippen LogP) is 4.89. The van der Waals surface area contributed by atoms with Crippen LogP contribution in [0.15, 0.2) is 30.5 Å². The summed E-state index contributed by atoms with van der Waals surface area (Å²) in [7, 11) is 1.70. The number of hydrogen-bond donors (Lipinski definition) is 1. The lowest BCUT2D eigenvalue weighted by Crippen LogP contribution is -2.32. The topological polar surface area (TPSA) is 63.2 Å². The summed E-state index contributed by atoms with van der Waals surface area (Å²) in [4.78, 5) is 6.91. The molecule has 1 aliphatic rings. The summed E-state index contributed by atoms with van der Waals surface area (Å²) in [6, 6.07) is 6.53. The number of fused-ring (bicyclic) bond motifs is 1. The smallest absolute Gasteiger partial charge is 0.383 e. The lowest BCUT2D eigenvalue weighted by Gasteiger charge is -2.26.